The van der Waals surface area contributed by atoms with Gasteiger partial charge in [0.1, 0.15) is 0 Å². The number of hydrogen-bond donors (Lipinski definition) is 2. The molecule has 1 aromatic carbocycles. The van der Waals surface area contributed by atoms with Crippen LogP contribution in [0.2, 0.25) is 15.1 Å². The summed E-state index contributed by atoms with van der Waals surface area (Å²) >= 11 is 17.5. The van der Waals surface area contributed by atoms with Crippen molar-refractivity contribution in [2.24, 2.45) is 5.73 Å². The van der Waals surface area contributed by atoms with E-state index < -0.39 is 12.1 Å². The maximum Gasteiger partial charge on any atom is 0.0705 e. The molecule has 0 heterocycles. The molecule has 0 aromatic heterocycles. The molecule has 0 aliphatic carbocycles. The van der Waals surface area contributed by atoms with Crippen molar-refractivity contribution in [3.05, 3.63) is 32.8 Å². The first-order chi connectivity index (χ1) is 6.43. The SMILES string of the molecule is C[C@@H](O)[C@@H](N)c1cc(Cl)cc(Cl)c1Cl. The summed E-state index contributed by atoms with van der Waals surface area (Å²) < 4.78 is 0. The van der Waals surface area contributed by atoms with Gasteiger partial charge in [-0.05, 0) is 24.6 Å². The molecule has 0 radical (unpaired) electrons. The van der Waals surface area contributed by atoms with Crippen LogP contribution in [0.1, 0.15) is 18.5 Å². The fourth-order valence-corrected chi connectivity index (χ4v) is 1.82. The fourth-order valence-electron chi connectivity index (χ4n) is 1.08. The van der Waals surface area contributed by atoms with E-state index in [1.807, 2.05) is 0 Å². The molecule has 14 heavy (non-hydrogen) atoms. The molecule has 0 fully saturated rings. The van der Waals surface area contributed by atoms with Crippen molar-refractivity contribution in [1.29, 1.82) is 0 Å². The van der Waals surface area contributed by atoms with Crippen LogP contribution < -0.4 is 5.73 Å². The number of benzene rings is 1. The fraction of sp³-hybridized carbons (Fsp3) is 0.333. The van der Waals surface area contributed by atoms with E-state index in [0.717, 1.165) is 0 Å². The molecule has 3 N–H and O–H groups in total. The van der Waals surface area contributed by atoms with Gasteiger partial charge in [-0.1, -0.05) is 34.8 Å². The smallest absolute Gasteiger partial charge is 0.0705 e. The average Bonchev–Trinajstić information content (AvgIpc) is 2.09. The second kappa shape index (κ2) is 4.69. The van der Waals surface area contributed by atoms with Crippen molar-refractivity contribution >= 4 is 34.8 Å². The van der Waals surface area contributed by atoms with Crippen LogP contribution in [-0.2, 0) is 0 Å². The van der Waals surface area contributed by atoms with Crippen molar-refractivity contribution in [3.63, 3.8) is 0 Å². The first-order valence-electron chi connectivity index (χ1n) is 4.01. The summed E-state index contributed by atoms with van der Waals surface area (Å²) in [6.45, 7) is 1.58. The van der Waals surface area contributed by atoms with Gasteiger partial charge < -0.3 is 10.8 Å². The summed E-state index contributed by atoms with van der Waals surface area (Å²) in [5, 5.41) is 10.4. The molecule has 2 atom stereocenters. The summed E-state index contributed by atoms with van der Waals surface area (Å²) in [5.74, 6) is 0. The molecule has 0 bridgehead atoms. The molecular formula is C9H10Cl3NO. The van der Waals surface area contributed by atoms with Crippen molar-refractivity contribution in [1.82, 2.24) is 0 Å². The lowest BCUT2D eigenvalue weighted by molar-refractivity contribution is 0.164. The summed E-state index contributed by atoms with van der Waals surface area (Å²) in [4.78, 5) is 0. The molecule has 0 saturated carbocycles. The zero-order chi connectivity index (χ0) is 10.9. The Balaban J connectivity index is 3.20. The summed E-state index contributed by atoms with van der Waals surface area (Å²) in [7, 11) is 0. The van der Waals surface area contributed by atoms with Crippen molar-refractivity contribution in [2.45, 2.75) is 19.1 Å². The van der Waals surface area contributed by atoms with E-state index in [4.69, 9.17) is 40.5 Å². The normalized spacial score (nSPS) is 15.3. The van der Waals surface area contributed by atoms with Crippen LogP contribution in [0, 0.1) is 0 Å². The van der Waals surface area contributed by atoms with E-state index in [1.54, 1.807) is 13.0 Å². The largest absolute Gasteiger partial charge is 0.391 e. The van der Waals surface area contributed by atoms with Crippen molar-refractivity contribution < 1.29 is 5.11 Å². The summed E-state index contributed by atoms with van der Waals surface area (Å²) in [6.07, 6.45) is -0.706. The zero-order valence-electron chi connectivity index (χ0n) is 7.47. The number of hydrogen-bond acceptors (Lipinski definition) is 2. The highest BCUT2D eigenvalue weighted by molar-refractivity contribution is 6.43. The molecule has 0 saturated heterocycles. The second-order valence-electron chi connectivity index (χ2n) is 3.06. The molecule has 1 aromatic rings. The highest BCUT2D eigenvalue weighted by atomic mass is 35.5. The summed E-state index contributed by atoms with van der Waals surface area (Å²) in [6, 6.07) is 2.55. The summed E-state index contributed by atoms with van der Waals surface area (Å²) in [5.41, 5.74) is 6.28. The second-order valence-corrected chi connectivity index (χ2v) is 4.28. The first-order valence-corrected chi connectivity index (χ1v) is 5.15. The van der Waals surface area contributed by atoms with Crippen molar-refractivity contribution in [3.8, 4) is 0 Å². The lowest BCUT2D eigenvalue weighted by Gasteiger charge is -2.17. The molecule has 0 spiro atoms. The number of rotatable bonds is 2. The topological polar surface area (TPSA) is 46.2 Å². The maximum absolute atomic E-state index is 9.31. The third-order valence-corrected chi connectivity index (χ3v) is 2.93. The standard InChI is InChI=1S/C9H10Cl3NO/c1-4(14)9(13)6-2-5(10)3-7(11)8(6)12/h2-4,9,14H,13H2,1H3/t4-,9-/m1/s1. The molecule has 0 aliphatic heterocycles. The Kier molecular flexibility index (Phi) is 4.04. The van der Waals surface area contributed by atoms with E-state index in [1.165, 1.54) is 6.07 Å². The van der Waals surface area contributed by atoms with Crippen molar-refractivity contribution in [2.75, 3.05) is 0 Å². The first kappa shape index (κ1) is 12.1. The average molecular weight is 255 g/mol. The van der Waals surface area contributed by atoms with Gasteiger partial charge in [-0.25, -0.2) is 0 Å². The molecule has 2 nitrogen and oxygen atoms in total. The van der Waals surface area contributed by atoms with Crippen LogP contribution in [0.3, 0.4) is 0 Å². The Morgan fingerprint density at radius 1 is 1.29 bits per heavy atom. The third-order valence-electron chi connectivity index (χ3n) is 1.90. The minimum Gasteiger partial charge on any atom is -0.391 e. The molecule has 78 valence electrons. The number of aliphatic hydroxyl groups is 1. The van der Waals surface area contributed by atoms with Crippen LogP contribution in [-0.4, -0.2) is 11.2 Å². The van der Waals surface area contributed by atoms with Gasteiger partial charge in [0, 0.05) is 5.02 Å². The van der Waals surface area contributed by atoms with Gasteiger partial charge in [0.05, 0.1) is 22.2 Å². The zero-order valence-corrected chi connectivity index (χ0v) is 9.74. The van der Waals surface area contributed by atoms with E-state index in [-0.39, 0.29) is 0 Å². The van der Waals surface area contributed by atoms with Gasteiger partial charge >= 0.3 is 0 Å². The Morgan fingerprint density at radius 3 is 2.36 bits per heavy atom. The molecule has 0 aliphatic rings. The minimum atomic E-state index is -0.706. The van der Waals surface area contributed by atoms with E-state index in [0.29, 0.717) is 20.6 Å². The number of aliphatic hydroxyl groups excluding tert-OH is 1. The Morgan fingerprint density at radius 2 is 1.86 bits per heavy atom. The predicted molar refractivity (Wildman–Crippen MR) is 60.1 cm³/mol. The van der Waals surface area contributed by atoms with Gasteiger partial charge in [0.2, 0.25) is 0 Å². The van der Waals surface area contributed by atoms with Gasteiger partial charge in [0.15, 0.2) is 0 Å². The lowest BCUT2D eigenvalue weighted by Crippen LogP contribution is -2.23. The van der Waals surface area contributed by atoms with Gasteiger partial charge in [-0.15, -0.1) is 0 Å². The highest BCUT2D eigenvalue weighted by Crippen LogP contribution is 2.33. The van der Waals surface area contributed by atoms with Crippen LogP contribution >= 0.6 is 34.8 Å². The Hall–Kier alpha value is 0.01000. The van der Waals surface area contributed by atoms with Crippen LogP contribution in [0.15, 0.2) is 12.1 Å². The Bertz CT molecular complexity index is 341. The molecular weight excluding hydrogens is 244 g/mol. The Labute approximate surface area is 97.6 Å². The third kappa shape index (κ3) is 2.53. The predicted octanol–water partition coefficient (Wildman–Crippen LogP) is 3.03. The lowest BCUT2D eigenvalue weighted by atomic mass is 10.0. The van der Waals surface area contributed by atoms with E-state index >= 15 is 0 Å². The van der Waals surface area contributed by atoms with Gasteiger partial charge in [0.25, 0.3) is 0 Å². The van der Waals surface area contributed by atoms with Crippen LogP contribution in [0.25, 0.3) is 0 Å². The van der Waals surface area contributed by atoms with Crippen LogP contribution in [0.5, 0.6) is 0 Å². The van der Waals surface area contributed by atoms with Gasteiger partial charge in [-0.3, -0.25) is 0 Å². The molecule has 5 heteroatoms. The molecule has 0 amide bonds. The molecule has 0 unspecified atom stereocenters. The van der Waals surface area contributed by atoms with E-state index in [2.05, 4.69) is 0 Å². The van der Waals surface area contributed by atoms with E-state index in [9.17, 15) is 5.11 Å². The highest BCUT2D eigenvalue weighted by Gasteiger charge is 2.17. The minimum absolute atomic E-state index is 0.337. The quantitative estimate of drug-likeness (QED) is 0.797. The number of nitrogens with two attached hydrogens (primary N) is 1. The maximum atomic E-state index is 9.31. The van der Waals surface area contributed by atoms with Crippen LogP contribution in [0.4, 0.5) is 0 Å². The number of halogens is 3. The molecule has 1 rings (SSSR count). The van der Waals surface area contributed by atoms with Gasteiger partial charge in [-0.2, -0.15) is 0 Å². The monoisotopic (exact) mass is 253 g/mol.